The fourth-order valence-electron chi connectivity index (χ4n) is 3.19. The minimum absolute atomic E-state index is 0.247. The number of esters is 1. The van der Waals surface area contributed by atoms with Crippen molar-refractivity contribution in [2.24, 2.45) is 0 Å². The molecule has 2 aromatic rings. The number of nitrogens with zero attached hydrogens (tertiary/aromatic N) is 2. The minimum atomic E-state index is -0.311. The van der Waals surface area contributed by atoms with Crippen molar-refractivity contribution in [3.05, 3.63) is 59.9 Å². The fourth-order valence-corrected chi connectivity index (χ4v) is 3.53. The normalized spacial score (nSPS) is 16.8. The predicted molar refractivity (Wildman–Crippen MR) is 106 cm³/mol. The van der Waals surface area contributed by atoms with E-state index in [9.17, 15) is 4.79 Å². The van der Waals surface area contributed by atoms with E-state index in [1.54, 1.807) is 25.3 Å². The summed E-state index contributed by atoms with van der Waals surface area (Å²) in [5, 5.41) is 3.99. The number of carbonyl (C=O) groups is 1. The number of ether oxygens (including phenoxy) is 1. The number of rotatable bonds is 4. The summed E-state index contributed by atoms with van der Waals surface area (Å²) in [5.41, 5.74) is 2.59. The number of likely N-dealkylation sites (tertiary alicyclic amines) is 1. The maximum Gasteiger partial charge on any atom is 0.338 e. The lowest BCUT2D eigenvalue weighted by atomic mass is 9.97. The molecule has 26 heavy (non-hydrogen) atoms. The Morgan fingerprint density at radius 2 is 2.12 bits per heavy atom. The third kappa shape index (κ3) is 4.38. The number of benzene rings is 1. The molecule has 0 spiro atoms. The summed E-state index contributed by atoms with van der Waals surface area (Å²) >= 11 is 5.66. The zero-order chi connectivity index (χ0) is 18.4. The van der Waals surface area contributed by atoms with Crippen LogP contribution in [0.25, 0.3) is 0 Å². The van der Waals surface area contributed by atoms with Crippen molar-refractivity contribution in [1.29, 1.82) is 0 Å². The molecule has 1 aromatic heterocycles. The molecule has 0 bridgehead atoms. The van der Waals surface area contributed by atoms with Gasteiger partial charge in [0.1, 0.15) is 0 Å². The molecule has 3 rings (SSSR count). The summed E-state index contributed by atoms with van der Waals surface area (Å²) in [6, 6.07) is 11.5. The van der Waals surface area contributed by atoms with Gasteiger partial charge in [0.2, 0.25) is 0 Å². The van der Waals surface area contributed by atoms with E-state index in [-0.39, 0.29) is 12.0 Å². The smallest absolute Gasteiger partial charge is 0.338 e. The van der Waals surface area contributed by atoms with E-state index in [0.29, 0.717) is 17.3 Å². The Morgan fingerprint density at radius 1 is 1.31 bits per heavy atom. The summed E-state index contributed by atoms with van der Waals surface area (Å²) < 4.78 is 5.01. The topological polar surface area (TPSA) is 54.5 Å². The molecule has 136 valence electrons. The highest BCUT2D eigenvalue weighted by atomic mass is 32.1. The van der Waals surface area contributed by atoms with Crippen LogP contribution in [0.1, 0.15) is 48.1 Å². The Balaban J connectivity index is 1.69. The summed E-state index contributed by atoms with van der Waals surface area (Å²) in [7, 11) is 0. The molecule has 0 radical (unpaired) electrons. The van der Waals surface area contributed by atoms with Crippen LogP contribution in [0.3, 0.4) is 0 Å². The van der Waals surface area contributed by atoms with Gasteiger partial charge in [-0.2, -0.15) is 0 Å². The highest BCUT2D eigenvalue weighted by molar-refractivity contribution is 7.80. The Bertz CT molecular complexity index is 749. The van der Waals surface area contributed by atoms with Gasteiger partial charge in [0.25, 0.3) is 0 Å². The van der Waals surface area contributed by atoms with E-state index in [2.05, 4.69) is 21.3 Å². The third-order valence-electron chi connectivity index (χ3n) is 4.48. The van der Waals surface area contributed by atoms with E-state index in [1.807, 2.05) is 24.4 Å². The number of thiocarbonyl (C=S) groups is 1. The van der Waals surface area contributed by atoms with Gasteiger partial charge in [0.15, 0.2) is 5.11 Å². The van der Waals surface area contributed by atoms with Crippen LogP contribution in [0, 0.1) is 0 Å². The Labute approximate surface area is 159 Å². The van der Waals surface area contributed by atoms with Crippen LogP contribution in [-0.4, -0.2) is 34.1 Å². The summed E-state index contributed by atoms with van der Waals surface area (Å²) in [5.74, 6) is -0.311. The van der Waals surface area contributed by atoms with Crippen molar-refractivity contribution < 1.29 is 9.53 Å². The van der Waals surface area contributed by atoms with Gasteiger partial charge in [-0.05, 0) is 74.3 Å². The van der Waals surface area contributed by atoms with E-state index in [0.717, 1.165) is 25.1 Å². The van der Waals surface area contributed by atoms with Gasteiger partial charge < -0.3 is 15.0 Å². The first-order valence-corrected chi connectivity index (χ1v) is 9.34. The zero-order valence-electron chi connectivity index (χ0n) is 14.9. The molecule has 1 aliphatic heterocycles. The Hall–Kier alpha value is -2.47. The van der Waals surface area contributed by atoms with Crippen LogP contribution < -0.4 is 5.32 Å². The van der Waals surface area contributed by atoms with Gasteiger partial charge in [0.05, 0.1) is 18.2 Å². The molecule has 1 fully saturated rings. The number of pyridine rings is 1. The van der Waals surface area contributed by atoms with Crippen molar-refractivity contribution >= 4 is 29.0 Å². The SMILES string of the molecule is CCOC(=O)c1ccc(NC(=S)N2CCCC[C@H]2c2cccnc2)cc1. The third-order valence-corrected chi connectivity index (χ3v) is 4.82. The first-order chi connectivity index (χ1) is 12.7. The lowest BCUT2D eigenvalue weighted by Crippen LogP contribution is -2.41. The number of carbonyl (C=O) groups excluding carboxylic acids is 1. The molecule has 2 heterocycles. The van der Waals surface area contributed by atoms with Crippen molar-refractivity contribution in [3.8, 4) is 0 Å². The standard InChI is InChI=1S/C20H23N3O2S/c1-2-25-19(24)15-8-10-17(11-9-15)22-20(26)23-13-4-3-7-18(23)16-6-5-12-21-14-16/h5-6,8-12,14,18H,2-4,7,13H2,1H3,(H,22,26)/t18-/m0/s1. The van der Waals surface area contributed by atoms with Crippen molar-refractivity contribution in [2.45, 2.75) is 32.2 Å². The highest BCUT2D eigenvalue weighted by Gasteiger charge is 2.26. The number of nitrogens with one attached hydrogen (secondary N) is 1. The molecule has 0 amide bonds. The molecule has 1 N–H and O–H groups in total. The minimum Gasteiger partial charge on any atom is -0.462 e. The monoisotopic (exact) mass is 369 g/mol. The van der Waals surface area contributed by atoms with E-state index < -0.39 is 0 Å². The Kier molecular flexibility index (Phi) is 6.17. The van der Waals surface area contributed by atoms with Crippen LogP contribution >= 0.6 is 12.2 Å². The largest absolute Gasteiger partial charge is 0.462 e. The molecule has 1 atom stereocenters. The van der Waals surface area contributed by atoms with Crippen LogP contribution in [0.4, 0.5) is 5.69 Å². The molecule has 5 nitrogen and oxygen atoms in total. The van der Waals surface area contributed by atoms with E-state index >= 15 is 0 Å². The van der Waals surface area contributed by atoms with Crippen molar-refractivity contribution in [3.63, 3.8) is 0 Å². The molecule has 6 heteroatoms. The maximum absolute atomic E-state index is 11.7. The zero-order valence-corrected chi connectivity index (χ0v) is 15.7. The lowest BCUT2D eigenvalue weighted by Gasteiger charge is -2.37. The summed E-state index contributed by atoms with van der Waals surface area (Å²) in [4.78, 5) is 18.2. The molecule has 0 unspecified atom stereocenters. The second kappa shape index (κ2) is 8.76. The number of hydrogen-bond donors (Lipinski definition) is 1. The van der Waals surface area contributed by atoms with Crippen LogP contribution in [0.5, 0.6) is 0 Å². The first-order valence-electron chi connectivity index (χ1n) is 8.93. The number of anilines is 1. The summed E-state index contributed by atoms with van der Waals surface area (Å²) in [6.45, 7) is 3.09. The number of hydrogen-bond acceptors (Lipinski definition) is 4. The summed E-state index contributed by atoms with van der Waals surface area (Å²) in [6.07, 6.45) is 7.08. The molecular weight excluding hydrogens is 346 g/mol. The van der Waals surface area contributed by atoms with Gasteiger partial charge in [-0.1, -0.05) is 6.07 Å². The quantitative estimate of drug-likeness (QED) is 0.644. The number of aromatic nitrogens is 1. The molecule has 1 aliphatic rings. The van der Waals surface area contributed by atoms with Gasteiger partial charge in [-0.15, -0.1) is 0 Å². The second-order valence-electron chi connectivity index (χ2n) is 6.22. The molecule has 0 aliphatic carbocycles. The van der Waals surface area contributed by atoms with E-state index in [1.165, 1.54) is 12.0 Å². The maximum atomic E-state index is 11.7. The first kappa shape index (κ1) is 18.3. The molecule has 0 saturated carbocycles. The van der Waals surface area contributed by atoms with Crippen molar-refractivity contribution in [2.75, 3.05) is 18.5 Å². The van der Waals surface area contributed by atoms with Crippen LogP contribution in [0.2, 0.25) is 0 Å². The van der Waals surface area contributed by atoms with Crippen LogP contribution in [0.15, 0.2) is 48.8 Å². The Morgan fingerprint density at radius 3 is 2.81 bits per heavy atom. The van der Waals surface area contributed by atoms with Gasteiger partial charge in [-0.3, -0.25) is 4.98 Å². The molecular formula is C20H23N3O2S. The van der Waals surface area contributed by atoms with Crippen LogP contribution in [-0.2, 0) is 4.74 Å². The average molecular weight is 369 g/mol. The van der Waals surface area contributed by atoms with Gasteiger partial charge in [0, 0.05) is 24.6 Å². The predicted octanol–water partition coefficient (Wildman–Crippen LogP) is 4.18. The lowest BCUT2D eigenvalue weighted by molar-refractivity contribution is 0.0526. The number of piperidine rings is 1. The van der Waals surface area contributed by atoms with Gasteiger partial charge >= 0.3 is 5.97 Å². The fraction of sp³-hybridized carbons (Fsp3) is 0.350. The van der Waals surface area contributed by atoms with Gasteiger partial charge in [-0.25, -0.2) is 4.79 Å². The van der Waals surface area contributed by atoms with E-state index in [4.69, 9.17) is 17.0 Å². The molecule has 1 saturated heterocycles. The van der Waals surface area contributed by atoms with Crippen molar-refractivity contribution in [1.82, 2.24) is 9.88 Å². The second-order valence-corrected chi connectivity index (χ2v) is 6.61. The average Bonchev–Trinajstić information content (AvgIpc) is 2.69. The molecule has 1 aromatic carbocycles. The highest BCUT2D eigenvalue weighted by Crippen LogP contribution is 2.31.